The van der Waals surface area contributed by atoms with Crippen LogP contribution in [0.1, 0.15) is 11.1 Å². The molecule has 2 aromatic rings. The van der Waals surface area contributed by atoms with Crippen molar-refractivity contribution >= 4 is 5.84 Å². The van der Waals surface area contributed by atoms with E-state index in [1.165, 1.54) is 5.56 Å². The van der Waals surface area contributed by atoms with Crippen LogP contribution in [0.2, 0.25) is 0 Å². The third-order valence-corrected chi connectivity index (χ3v) is 3.28. The third-order valence-electron chi connectivity index (χ3n) is 3.28. The molecule has 0 aromatic heterocycles. The molecule has 1 heterocycles. The molecule has 1 aliphatic rings. The van der Waals surface area contributed by atoms with Crippen molar-refractivity contribution in [2.24, 2.45) is 4.99 Å². The third kappa shape index (κ3) is 3.18. The van der Waals surface area contributed by atoms with Crippen LogP contribution >= 0.6 is 0 Å². The van der Waals surface area contributed by atoms with Gasteiger partial charge in [-0.15, -0.1) is 0 Å². The molecule has 0 bridgehead atoms. The molecule has 1 aliphatic heterocycles. The average molecular weight is 266 g/mol. The largest absolute Gasteiger partial charge is 0.493 e. The Labute approximate surface area is 119 Å². The Morgan fingerprint density at radius 2 is 1.95 bits per heavy atom. The maximum atomic E-state index is 5.83. The first-order chi connectivity index (χ1) is 9.92. The first kappa shape index (κ1) is 12.7. The molecule has 3 rings (SSSR count). The Kier molecular flexibility index (Phi) is 3.97. The molecular formula is C17H18N2O. The van der Waals surface area contributed by atoms with Gasteiger partial charge in [-0.1, -0.05) is 42.5 Å². The van der Waals surface area contributed by atoms with Gasteiger partial charge in [0.2, 0.25) is 0 Å². The number of ether oxygens (including phenoxy) is 1. The Balaban J connectivity index is 1.59. The molecule has 0 fully saturated rings. The fourth-order valence-electron chi connectivity index (χ4n) is 2.26. The highest BCUT2D eigenvalue weighted by Crippen LogP contribution is 2.15. The molecular weight excluding hydrogens is 248 g/mol. The highest BCUT2D eigenvalue weighted by Gasteiger charge is 2.08. The zero-order valence-electron chi connectivity index (χ0n) is 11.4. The molecule has 0 amide bonds. The number of aliphatic imine (C=N–C) groups is 1. The van der Waals surface area contributed by atoms with E-state index in [-0.39, 0.29) is 0 Å². The molecule has 0 unspecified atom stereocenters. The molecule has 3 nitrogen and oxygen atoms in total. The van der Waals surface area contributed by atoms with Crippen molar-refractivity contribution in [3.05, 3.63) is 65.7 Å². The standard InChI is InChI=1S/C17H18N2O/c1-2-5-14(6-3-1)9-12-20-16-8-4-7-15(13-16)17-18-10-11-19-17/h1-8,13H,9-12H2,(H,18,19). The second-order valence-corrected chi connectivity index (χ2v) is 4.77. The zero-order valence-corrected chi connectivity index (χ0v) is 11.4. The fraction of sp³-hybridized carbons (Fsp3) is 0.235. The van der Waals surface area contributed by atoms with E-state index in [9.17, 15) is 0 Å². The topological polar surface area (TPSA) is 33.6 Å². The molecule has 3 heteroatoms. The summed E-state index contributed by atoms with van der Waals surface area (Å²) < 4.78 is 5.83. The summed E-state index contributed by atoms with van der Waals surface area (Å²) >= 11 is 0. The van der Waals surface area contributed by atoms with Gasteiger partial charge in [0.15, 0.2) is 0 Å². The van der Waals surface area contributed by atoms with Crippen LogP contribution in [0.4, 0.5) is 0 Å². The van der Waals surface area contributed by atoms with Crippen molar-refractivity contribution in [3.8, 4) is 5.75 Å². The van der Waals surface area contributed by atoms with Crippen LogP contribution in [0.5, 0.6) is 5.75 Å². The number of hydrogen-bond acceptors (Lipinski definition) is 3. The summed E-state index contributed by atoms with van der Waals surface area (Å²) in [6, 6.07) is 18.5. The van der Waals surface area contributed by atoms with Gasteiger partial charge in [0.1, 0.15) is 11.6 Å². The maximum absolute atomic E-state index is 5.83. The van der Waals surface area contributed by atoms with Gasteiger partial charge in [0, 0.05) is 18.5 Å². The van der Waals surface area contributed by atoms with Crippen LogP contribution < -0.4 is 10.1 Å². The lowest BCUT2D eigenvalue weighted by molar-refractivity contribution is 0.322. The first-order valence-electron chi connectivity index (χ1n) is 6.97. The number of amidine groups is 1. The van der Waals surface area contributed by atoms with Gasteiger partial charge in [-0.25, -0.2) is 0 Å². The summed E-state index contributed by atoms with van der Waals surface area (Å²) in [6.07, 6.45) is 0.921. The minimum Gasteiger partial charge on any atom is -0.493 e. The minimum absolute atomic E-state index is 0.688. The monoisotopic (exact) mass is 266 g/mol. The van der Waals surface area contributed by atoms with E-state index in [0.717, 1.165) is 36.7 Å². The Morgan fingerprint density at radius 3 is 2.75 bits per heavy atom. The summed E-state index contributed by atoms with van der Waals surface area (Å²) in [5.41, 5.74) is 2.39. The van der Waals surface area contributed by atoms with Crippen molar-refractivity contribution in [1.29, 1.82) is 0 Å². The van der Waals surface area contributed by atoms with E-state index in [4.69, 9.17) is 4.74 Å². The summed E-state index contributed by atoms with van der Waals surface area (Å²) in [5, 5.41) is 3.28. The number of hydrogen-bond donors (Lipinski definition) is 1. The van der Waals surface area contributed by atoms with Gasteiger partial charge in [-0.3, -0.25) is 4.99 Å². The quantitative estimate of drug-likeness (QED) is 0.902. The van der Waals surface area contributed by atoms with Crippen molar-refractivity contribution in [2.75, 3.05) is 19.7 Å². The van der Waals surface area contributed by atoms with Crippen LogP contribution in [0.15, 0.2) is 59.6 Å². The van der Waals surface area contributed by atoms with Crippen molar-refractivity contribution in [1.82, 2.24) is 5.32 Å². The Hall–Kier alpha value is -2.29. The summed E-state index contributed by atoms with van der Waals surface area (Å²) in [4.78, 5) is 4.42. The highest BCUT2D eigenvalue weighted by molar-refractivity contribution is 6.00. The normalized spacial score (nSPS) is 13.7. The van der Waals surface area contributed by atoms with Gasteiger partial charge in [-0.05, 0) is 17.7 Å². The van der Waals surface area contributed by atoms with Crippen LogP contribution in [0.25, 0.3) is 0 Å². The Morgan fingerprint density at radius 1 is 1.05 bits per heavy atom. The fourth-order valence-corrected chi connectivity index (χ4v) is 2.26. The first-order valence-corrected chi connectivity index (χ1v) is 6.97. The second-order valence-electron chi connectivity index (χ2n) is 4.77. The Bertz CT molecular complexity index is 593. The summed E-state index contributed by atoms with van der Waals surface area (Å²) in [7, 11) is 0. The van der Waals surface area contributed by atoms with Crippen LogP contribution in [0, 0.1) is 0 Å². The number of rotatable bonds is 5. The SMILES string of the molecule is c1ccc(CCOc2cccc(C3=NCCN3)c2)cc1. The molecule has 20 heavy (non-hydrogen) atoms. The lowest BCUT2D eigenvalue weighted by Gasteiger charge is -2.08. The number of benzene rings is 2. The van der Waals surface area contributed by atoms with E-state index >= 15 is 0 Å². The van der Waals surface area contributed by atoms with Gasteiger partial charge >= 0.3 is 0 Å². The van der Waals surface area contributed by atoms with Gasteiger partial charge < -0.3 is 10.1 Å². The van der Waals surface area contributed by atoms with Crippen LogP contribution in [-0.2, 0) is 6.42 Å². The highest BCUT2D eigenvalue weighted by atomic mass is 16.5. The molecule has 0 radical (unpaired) electrons. The summed E-state index contributed by atoms with van der Waals surface area (Å²) in [6.45, 7) is 2.47. The minimum atomic E-state index is 0.688. The molecule has 102 valence electrons. The maximum Gasteiger partial charge on any atom is 0.128 e. The molecule has 0 aliphatic carbocycles. The van der Waals surface area contributed by atoms with E-state index < -0.39 is 0 Å². The second kappa shape index (κ2) is 6.24. The lowest BCUT2D eigenvalue weighted by Crippen LogP contribution is -2.19. The molecule has 1 N–H and O–H groups in total. The molecule has 0 spiro atoms. The molecule has 0 saturated heterocycles. The number of nitrogens with one attached hydrogen (secondary N) is 1. The predicted molar refractivity (Wildman–Crippen MR) is 81.5 cm³/mol. The predicted octanol–water partition coefficient (Wildman–Crippen LogP) is 2.66. The zero-order chi connectivity index (χ0) is 13.6. The van der Waals surface area contributed by atoms with Crippen molar-refractivity contribution in [2.45, 2.75) is 6.42 Å². The van der Waals surface area contributed by atoms with Gasteiger partial charge in [-0.2, -0.15) is 0 Å². The van der Waals surface area contributed by atoms with Crippen molar-refractivity contribution < 1.29 is 4.74 Å². The molecule has 2 aromatic carbocycles. The number of nitrogens with zero attached hydrogens (tertiary/aromatic N) is 1. The average Bonchev–Trinajstić information content (AvgIpc) is 3.03. The van der Waals surface area contributed by atoms with Crippen LogP contribution in [0.3, 0.4) is 0 Å². The van der Waals surface area contributed by atoms with E-state index in [1.54, 1.807) is 0 Å². The van der Waals surface area contributed by atoms with Crippen molar-refractivity contribution in [3.63, 3.8) is 0 Å². The van der Waals surface area contributed by atoms with E-state index in [2.05, 4.69) is 40.6 Å². The van der Waals surface area contributed by atoms with Crippen LogP contribution in [-0.4, -0.2) is 25.5 Å². The van der Waals surface area contributed by atoms with E-state index in [0.29, 0.717) is 6.61 Å². The lowest BCUT2D eigenvalue weighted by atomic mass is 10.1. The van der Waals surface area contributed by atoms with E-state index in [1.807, 2.05) is 24.3 Å². The molecule has 0 saturated carbocycles. The van der Waals surface area contributed by atoms with Gasteiger partial charge in [0.25, 0.3) is 0 Å². The smallest absolute Gasteiger partial charge is 0.128 e. The van der Waals surface area contributed by atoms with Gasteiger partial charge in [0.05, 0.1) is 13.2 Å². The molecule has 0 atom stereocenters. The summed E-state index contributed by atoms with van der Waals surface area (Å²) in [5.74, 6) is 1.87.